The van der Waals surface area contributed by atoms with Gasteiger partial charge in [-0.2, -0.15) is 0 Å². The van der Waals surface area contributed by atoms with Gasteiger partial charge in [-0.3, -0.25) is 4.90 Å². The van der Waals surface area contributed by atoms with Crippen molar-refractivity contribution in [3.8, 4) is 0 Å². The Balaban J connectivity index is 1.98. The van der Waals surface area contributed by atoms with Crippen molar-refractivity contribution in [2.45, 2.75) is 46.6 Å². The van der Waals surface area contributed by atoms with Crippen LogP contribution in [0.15, 0.2) is 49.0 Å². The second kappa shape index (κ2) is 7.36. The average molecular weight is 322 g/mol. The Morgan fingerprint density at radius 3 is 2.12 bits per heavy atom. The summed E-state index contributed by atoms with van der Waals surface area (Å²) in [7, 11) is 2.16. The lowest BCUT2D eigenvalue weighted by atomic mass is 9.87. The fraction of sp³-hybridized carbons (Fsp3) is 0.391. The van der Waals surface area contributed by atoms with Gasteiger partial charge >= 0.3 is 0 Å². The Bertz CT molecular complexity index is 702. The molecule has 24 heavy (non-hydrogen) atoms. The van der Waals surface area contributed by atoms with E-state index >= 15 is 0 Å². The summed E-state index contributed by atoms with van der Waals surface area (Å²) in [6.07, 6.45) is 0. The molecule has 0 aliphatic heterocycles. The molecule has 0 saturated heterocycles. The minimum Gasteiger partial charge on any atom is -0.298 e. The second-order valence-electron chi connectivity index (χ2n) is 8.02. The van der Waals surface area contributed by atoms with Crippen molar-refractivity contribution in [3.05, 3.63) is 76.9 Å². The van der Waals surface area contributed by atoms with E-state index in [0.29, 0.717) is 0 Å². The van der Waals surface area contributed by atoms with E-state index in [1.54, 1.807) is 0 Å². The zero-order chi connectivity index (χ0) is 17.9. The zero-order valence-corrected chi connectivity index (χ0v) is 16.1. The Kier molecular flexibility index (Phi) is 5.66. The summed E-state index contributed by atoms with van der Waals surface area (Å²) in [4.78, 5) is 2.32. The van der Waals surface area contributed by atoms with Crippen molar-refractivity contribution in [3.63, 3.8) is 0 Å². The highest BCUT2D eigenvalue weighted by Crippen LogP contribution is 2.23. The monoisotopic (exact) mass is 321 g/mol. The summed E-state index contributed by atoms with van der Waals surface area (Å²) in [5, 5.41) is 0. The molecule has 0 bridgehead atoms. The number of nitrogens with zero attached hydrogens (tertiary/aromatic N) is 1. The lowest BCUT2D eigenvalue weighted by Crippen LogP contribution is -2.20. The third-order valence-electron chi connectivity index (χ3n) is 4.65. The van der Waals surface area contributed by atoms with Crippen molar-refractivity contribution in [2.75, 3.05) is 13.6 Å². The molecule has 0 fully saturated rings. The van der Waals surface area contributed by atoms with Gasteiger partial charge in [0, 0.05) is 13.1 Å². The summed E-state index contributed by atoms with van der Waals surface area (Å²) in [6, 6.07) is 15.6. The van der Waals surface area contributed by atoms with Crippen molar-refractivity contribution in [1.82, 2.24) is 4.90 Å². The normalized spacial score (nSPS) is 11.8. The minimum absolute atomic E-state index is 0.210. The van der Waals surface area contributed by atoms with Gasteiger partial charge in [0.25, 0.3) is 0 Å². The van der Waals surface area contributed by atoms with Gasteiger partial charge in [0.05, 0.1) is 0 Å². The molecule has 2 aromatic rings. The van der Waals surface area contributed by atoms with Crippen molar-refractivity contribution in [2.24, 2.45) is 0 Å². The van der Waals surface area contributed by atoms with Gasteiger partial charge in [-0.25, -0.2) is 0 Å². The predicted molar refractivity (Wildman–Crippen MR) is 106 cm³/mol. The molecule has 1 nitrogen and oxygen atoms in total. The number of likely N-dealkylation sites (N-methyl/N-ethyl adjacent to an activating group) is 1. The molecule has 0 spiro atoms. The van der Waals surface area contributed by atoms with Gasteiger partial charge in [-0.15, -0.1) is 0 Å². The highest BCUT2D eigenvalue weighted by molar-refractivity contribution is 5.65. The predicted octanol–water partition coefficient (Wildman–Crippen LogP) is 5.75. The Morgan fingerprint density at radius 2 is 1.58 bits per heavy atom. The summed E-state index contributed by atoms with van der Waals surface area (Å²) in [5.74, 6) is 0. The molecule has 0 aliphatic rings. The molecule has 128 valence electrons. The number of hydrogen-bond acceptors (Lipinski definition) is 1. The quantitative estimate of drug-likeness (QED) is 0.678. The lowest BCUT2D eigenvalue weighted by molar-refractivity contribution is 0.369. The molecule has 1 heteroatoms. The van der Waals surface area contributed by atoms with E-state index in [1.165, 1.54) is 33.4 Å². The number of rotatable bonds is 5. The molecule has 2 rings (SSSR count). The zero-order valence-electron chi connectivity index (χ0n) is 16.1. The first-order valence-corrected chi connectivity index (χ1v) is 8.70. The van der Waals surface area contributed by atoms with Crippen molar-refractivity contribution in [1.29, 1.82) is 0 Å². The molecule has 2 aromatic carbocycles. The molecule has 0 unspecified atom stereocenters. The maximum Gasteiger partial charge on any atom is 0.0234 e. The van der Waals surface area contributed by atoms with E-state index < -0.39 is 0 Å². The van der Waals surface area contributed by atoms with Gasteiger partial charge < -0.3 is 0 Å². The van der Waals surface area contributed by atoms with Gasteiger partial charge in [-0.05, 0) is 59.7 Å². The van der Waals surface area contributed by atoms with Crippen molar-refractivity contribution >= 4 is 5.57 Å². The van der Waals surface area contributed by atoms with Crippen molar-refractivity contribution < 1.29 is 0 Å². The summed E-state index contributed by atoms with van der Waals surface area (Å²) in [5.41, 5.74) is 8.02. The highest BCUT2D eigenvalue weighted by Gasteiger charge is 2.13. The van der Waals surface area contributed by atoms with Crippen LogP contribution in [0.4, 0.5) is 0 Å². The first-order valence-electron chi connectivity index (χ1n) is 8.70. The summed E-state index contributed by atoms with van der Waals surface area (Å²) in [6.45, 7) is 17.2. The van der Waals surface area contributed by atoms with Crippen LogP contribution in [0.5, 0.6) is 0 Å². The first-order chi connectivity index (χ1) is 11.2. The van der Waals surface area contributed by atoms with Crippen LogP contribution in [0.2, 0.25) is 0 Å². The molecular formula is C23H31N. The molecule has 0 amide bonds. The number of aryl methyl sites for hydroxylation is 2. The van der Waals surface area contributed by atoms with Crippen LogP contribution in [0.1, 0.15) is 48.6 Å². The van der Waals surface area contributed by atoms with E-state index in [0.717, 1.165) is 13.1 Å². The van der Waals surface area contributed by atoms with Crippen LogP contribution in [-0.2, 0) is 12.0 Å². The Hall–Kier alpha value is -1.86. The first kappa shape index (κ1) is 18.5. The van der Waals surface area contributed by atoms with Crippen LogP contribution in [0, 0.1) is 13.8 Å². The maximum absolute atomic E-state index is 4.28. The largest absolute Gasteiger partial charge is 0.298 e. The number of hydrogen-bond donors (Lipinski definition) is 0. The van der Waals surface area contributed by atoms with Crippen LogP contribution in [0.25, 0.3) is 5.57 Å². The Labute approximate surface area is 148 Å². The topological polar surface area (TPSA) is 3.24 Å². The van der Waals surface area contributed by atoms with E-state index in [1.807, 2.05) is 0 Å². The number of benzene rings is 2. The highest BCUT2D eigenvalue weighted by atomic mass is 15.1. The van der Waals surface area contributed by atoms with Crippen LogP contribution < -0.4 is 0 Å². The average Bonchev–Trinajstić information content (AvgIpc) is 2.49. The standard InChI is InChI=1S/C23H31N/c1-17-8-11-21(14-18(17)2)19(3)15-24(7)16-20-9-12-22(13-10-20)23(4,5)6/h8-14H,3,15-16H2,1-2,4-7H3. The molecule has 0 radical (unpaired) electrons. The van der Waals surface area contributed by atoms with Gasteiger partial charge in [-0.1, -0.05) is 69.8 Å². The fourth-order valence-corrected chi connectivity index (χ4v) is 2.86. The van der Waals surface area contributed by atoms with E-state index in [4.69, 9.17) is 0 Å². The SMILES string of the molecule is C=C(CN(C)Cc1ccc(C(C)(C)C)cc1)c1ccc(C)c(C)c1. The van der Waals surface area contributed by atoms with Gasteiger partial charge in [0.1, 0.15) is 0 Å². The fourth-order valence-electron chi connectivity index (χ4n) is 2.86. The summed E-state index contributed by atoms with van der Waals surface area (Å²) < 4.78 is 0. The molecule has 0 heterocycles. The van der Waals surface area contributed by atoms with Crippen LogP contribution in [0.3, 0.4) is 0 Å². The minimum atomic E-state index is 0.210. The second-order valence-corrected chi connectivity index (χ2v) is 8.02. The molecule has 0 aromatic heterocycles. The molecule has 0 N–H and O–H groups in total. The molecular weight excluding hydrogens is 290 g/mol. The third kappa shape index (κ3) is 4.82. The van der Waals surface area contributed by atoms with Crippen LogP contribution in [-0.4, -0.2) is 18.5 Å². The van der Waals surface area contributed by atoms with Crippen LogP contribution >= 0.6 is 0 Å². The Morgan fingerprint density at radius 1 is 0.958 bits per heavy atom. The maximum atomic E-state index is 4.28. The van der Waals surface area contributed by atoms with E-state index in [-0.39, 0.29) is 5.41 Å². The van der Waals surface area contributed by atoms with E-state index in [9.17, 15) is 0 Å². The molecule has 0 saturated carbocycles. The van der Waals surface area contributed by atoms with Gasteiger partial charge in [0.15, 0.2) is 0 Å². The summed E-state index contributed by atoms with van der Waals surface area (Å²) >= 11 is 0. The smallest absolute Gasteiger partial charge is 0.0234 e. The molecule has 0 atom stereocenters. The van der Waals surface area contributed by atoms with Gasteiger partial charge in [0.2, 0.25) is 0 Å². The lowest BCUT2D eigenvalue weighted by Gasteiger charge is -2.21. The molecule has 0 aliphatic carbocycles. The van der Waals surface area contributed by atoms with E-state index in [2.05, 4.69) is 95.6 Å². The third-order valence-corrected chi connectivity index (χ3v) is 4.65.